The molecule has 0 spiro atoms. The minimum atomic E-state index is -0.525. The first-order valence-corrected chi connectivity index (χ1v) is 11.1. The van der Waals surface area contributed by atoms with E-state index >= 15 is 0 Å². The lowest BCUT2D eigenvalue weighted by Crippen LogP contribution is -2.45. The van der Waals surface area contributed by atoms with E-state index in [-0.39, 0.29) is 23.5 Å². The van der Waals surface area contributed by atoms with E-state index in [9.17, 15) is 14.0 Å². The van der Waals surface area contributed by atoms with E-state index < -0.39 is 6.04 Å². The molecule has 2 atom stereocenters. The summed E-state index contributed by atoms with van der Waals surface area (Å²) in [5.74, 6) is -0.860. The first-order chi connectivity index (χ1) is 15.1. The fourth-order valence-electron chi connectivity index (χ4n) is 3.91. The van der Waals surface area contributed by atoms with Crippen molar-refractivity contribution in [2.75, 3.05) is 11.9 Å². The minimum absolute atomic E-state index is 0.0179. The van der Waals surface area contributed by atoms with Crippen LogP contribution < -0.4 is 5.32 Å². The average molecular weight is 439 g/mol. The molecule has 2 aromatic carbocycles. The smallest absolute Gasteiger partial charge is 0.249 e. The van der Waals surface area contributed by atoms with Crippen molar-refractivity contribution >= 4 is 28.3 Å². The molecule has 0 radical (unpaired) electrons. The fourth-order valence-corrected chi connectivity index (χ4v) is 4.67. The summed E-state index contributed by atoms with van der Waals surface area (Å²) < 4.78 is 13.1. The van der Waals surface area contributed by atoms with Crippen molar-refractivity contribution in [1.29, 1.82) is 0 Å². The maximum absolute atomic E-state index is 13.3. The number of likely N-dealkylation sites (tertiary alicyclic amines) is 1. The molecule has 1 aliphatic heterocycles. The Hall–Kier alpha value is -3.13. The van der Waals surface area contributed by atoms with Crippen LogP contribution in [-0.4, -0.2) is 39.5 Å². The number of benzene rings is 2. The third-order valence-electron chi connectivity index (χ3n) is 5.49. The van der Waals surface area contributed by atoms with Gasteiger partial charge in [-0.1, -0.05) is 48.6 Å². The van der Waals surface area contributed by atoms with Gasteiger partial charge in [0.1, 0.15) is 16.9 Å². The van der Waals surface area contributed by atoms with Crippen LogP contribution in [-0.2, 0) is 9.59 Å². The summed E-state index contributed by atoms with van der Waals surface area (Å²) in [4.78, 5) is 27.9. The van der Waals surface area contributed by atoms with Gasteiger partial charge in [-0.3, -0.25) is 14.9 Å². The number of nitrogens with zero attached hydrogens (tertiary/aromatic N) is 3. The number of aromatic nitrogens is 2. The molecule has 31 heavy (non-hydrogen) atoms. The largest absolute Gasteiger partial charge is 0.330 e. The Bertz CT molecular complexity index is 1050. The van der Waals surface area contributed by atoms with Crippen LogP contribution in [0, 0.1) is 5.82 Å². The lowest BCUT2D eigenvalue weighted by atomic mass is 9.94. The second kappa shape index (κ2) is 9.34. The second-order valence-corrected chi connectivity index (χ2v) is 8.45. The van der Waals surface area contributed by atoms with Crippen LogP contribution in [0.25, 0.3) is 10.6 Å². The molecule has 1 saturated heterocycles. The monoisotopic (exact) mass is 438 g/mol. The van der Waals surface area contributed by atoms with Gasteiger partial charge in [-0.25, -0.2) is 4.39 Å². The van der Waals surface area contributed by atoms with Crippen molar-refractivity contribution in [2.45, 2.75) is 38.1 Å². The van der Waals surface area contributed by atoms with Crippen LogP contribution in [0.4, 0.5) is 9.52 Å². The molecule has 0 saturated carbocycles. The topological polar surface area (TPSA) is 75.2 Å². The Morgan fingerprint density at radius 3 is 2.61 bits per heavy atom. The zero-order valence-corrected chi connectivity index (χ0v) is 17.9. The van der Waals surface area contributed by atoms with Gasteiger partial charge >= 0.3 is 0 Å². The van der Waals surface area contributed by atoms with Gasteiger partial charge in [0.25, 0.3) is 0 Å². The van der Waals surface area contributed by atoms with Crippen molar-refractivity contribution < 1.29 is 14.0 Å². The molecular formula is C23H23FN4O2S. The van der Waals surface area contributed by atoms with Crippen LogP contribution >= 0.6 is 11.3 Å². The first-order valence-electron chi connectivity index (χ1n) is 10.3. The van der Waals surface area contributed by atoms with Gasteiger partial charge in [-0.15, -0.1) is 10.2 Å². The summed E-state index contributed by atoms with van der Waals surface area (Å²) >= 11 is 1.22. The Morgan fingerprint density at radius 1 is 1.16 bits per heavy atom. The highest BCUT2D eigenvalue weighted by molar-refractivity contribution is 7.18. The van der Waals surface area contributed by atoms with E-state index in [0.717, 1.165) is 17.5 Å². The molecule has 1 aliphatic rings. The molecule has 2 amide bonds. The summed E-state index contributed by atoms with van der Waals surface area (Å²) in [5.41, 5.74) is 1.69. The van der Waals surface area contributed by atoms with Crippen LogP contribution in [0.5, 0.6) is 0 Å². The van der Waals surface area contributed by atoms with Gasteiger partial charge in [-0.05, 0) is 49.1 Å². The molecule has 3 aromatic rings. The summed E-state index contributed by atoms with van der Waals surface area (Å²) in [6, 6.07) is 15.1. The van der Waals surface area contributed by atoms with Gasteiger partial charge < -0.3 is 4.90 Å². The zero-order valence-electron chi connectivity index (χ0n) is 17.1. The maximum atomic E-state index is 13.3. The molecule has 8 heteroatoms. The van der Waals surface area contributed by atoms with Crippen molar-refractivity contribution in [1.82, 2.24) is 15.1 Å². The molecule has 1 aromatic heterocycles. The first kappa shape index (κ1) is 21.1. The lowest BCUT2D eigenvalue weighted by Gasteiger charge is -2.27. The number of hydrogen-bond donors (Lipinski definition) is 1. The molecule has 2 heterocycles. The molecule has 160 valence electrons. The van der Waals surface area contributed by atoms with E-state index in [1.807, 2.05) is 37.3 Å². The summed E-state index contributed by atoms with van der Waals surface area (Å²) in [5, 5.41) is 11.9. The van der Waals surface area contributed by atoms with Gasteiger partial charge in [0.05, 0.1) is 5.92 Å². The molecule has 6 nitrogen and oxygen atoms in total. The van der Waals surface area contributed by atoms with E-state index in [0.29, 0.717) is 29.5 Å². The SMILES string of the molecule is CCC(C(=O)N1CCCC1C(=O)Nc1nnc(-c2ccc(F)cc2)s1)c1ccccc1. The van der Waals surface area contributed by atoms with Crippen LogP contribution in [0.3, 0.4) is 0 Å². The molecule has 0 aliphatic carbocycles. The van der Waals surface area contributed by atoms with Crippen molar-refractivity contribution in [3.05, 3.63) is 66.0 Å². The third-order valence-corrected chi connectivity index (χ3v) is 6.38. The normalized spacial score (nSPS) is 16.8. The minimum Gasteiger partial charge on any atom is -0.330 e. The molecule has 1 fully saturated rings. The van der Waals surface area contributed by atoms with E-state index in [4.69, 9.17) is 0 Å². The van der Waals surface area contributed by atoms with Gasteiger partial charge in [-0.2, -0.15) is 0 Å². The fraction of sp³-hybridized carbons (Fsp3) is 0.304. The molecule has 0 bridgehead atoms. The third kappa shape index (κ3) is 4.64. The number of carbonyl (C=O) groups excluding carboxylic acids is 2. The average Bonchev–Trinajstić information content (AvgIpc) is 3.45. The molecule has 1 N–H and O–H groups in total. The predicted octanol–water partition coefficient (Wildman–Crippen LogP) is 4.47. The van der Waals surface area contributed by atoms with Gasteiger partial charge in [0.15, 0.2) is 0 Å². The zero-order chi connectivity index (χ0) is 21.8. The highest BCUT2D eigenvalue weighted by Crippen LogP contribution is 2.29. The maximum Gasteiger partial charge on any atom is 0.249 e. The Kier molecular flexibility index (Phi) is 6.36. The molecule has 2 unspecified atom stereocenters. The predicted molar refractivity (Wildman–Crippen MR) is 118 cm³/mol. The van der Waals surface area contributed by atoms with Crippen LogP contribution in [0.2, 0.25) is 0 Å². The standard InChI is InChI=1S/C23H23FN4O2S/c1-2-18(15-7-4-3-5-8-15)22(30)28-14-6-9-19(28)20(29)25-23-27-26-21(31-23)16-10-12-17(24)13-11-16/h3-5,7-8,10-13,18-19H,2,6,9,14H2,1H3,(H,25,27,29). The van der Waals surface area contributed by atoms with E-state index in [1.165, 1.54) is 23.5 Å². The highest BCUT2D eigenvalue weighted by Gasteiger charge is 2.37. The number of halogens is 1. The number of nitrogens with one attached hydrogen (secondary N) is 1. The van der Waals surface area contributed by atoms with Crippen molar-refractivity contribution in [3.8, 4) is 10.6 Å². The van der Waals surface area contributed by atoms with E-state index in [1.54, 1.807) is 17.0 Å². The Labute approximate surface area is 184 Å². The number of rotatable bonds is 6. The number of amides is 2. The second-order valence-electron chi connectivity index (χ2n) is 7.47. The van der Waals surface area contributed by atoms with Crippen molar-refractivity contribution in [2.24, 2.45) is 0 Å². The summed E-state index contributed by atoms with van der Waals surface area (Å²) in [6.45, 7) is 2.55. The summed E-state index contributed by atoms with van der Waals surface area (Å²) in [6.07, 6.45) is 2.07. The van der Waals surface area contributed by atoms with Crippen LogP contribution in [0.1, 0.15) is 37.7 Å². The number of anilines is 1. The Balaban J connectivity index is 1.46. The van der Waals surface area contributed by atoms with Gasteiger partial charge in [0, 0.05) is 12.1 Å². The lowest BCUT2D eigenvalue weighted by molar-refractivity contribution is -0.138. The Morgan fingerprint density at radius 2 is 1.90 bits per heavy atom. The van der Waals surface area contributed by atoms with Crippen molar-refractivity contribution in [3.63, 3.8) is 0 Å². The molecule has 4 rings (SSSR count). The quantitative estimate of drug-likeness (QED) is 0.616. The number of hydrogen-bond acceptors (Lipinski definition) is 5. The highest BCUT2D eigenvalue weighted by atomic mass is 32.1. The van der Waals surface area contributed by atoms with Gasteiger partial charge in [0.2, 0.25) is 16.9 Å². The molecular weight excluding hydrogens is 415 g/mol. The van der Waals surface area contributed by atoms with Crippen LogP contribution in [0.15, 0.2) is 54.6 Å². The summed E-state index contributed by atoms with van der Waals surface area (Å²) in [7, 11) is 0. The number of carbonyl (C=O) groups is 2. The van der Waals surface area contributed by atoms with E-state index in [2.05, 4.69) is 15.5 Å².